The molecule has 0 unspecified atom stereocenters. The van der Waals surface area contributed by atoms with Gasteiger partial charge in [0.25, 0.3) is 0 Å². The zero-order valence-corrected chi connectivity index (χ0v) is 17.7. The summed E-state index contributed by atoms with van der Waals surface area (Å²) >= 11 is 13.3. The Kier molecular flexibility index (Phi) is 7.04. The van der Waals surface area contributed by atoms with Crippen molar-refractivity contribution in [2.75, 3.05) is 4.90 Å². The molecule has 0 atom stereocenters. The number of amides is 1. The molecule has 0 N–H and O–H groups in total. The topological polar surface area (TPSA) is 59.5 Å². The van der Waals surface area contributed by atoms with E-state index < -0.39 is 5.97 Å². The molecule has 148 valence electrons. The van der Waals surface area contributed by atoms with Crippen LogP contribution >= 0.6 is 34.5 Å². The number of carbonyl (C=O) groups excluding carboxylic acids is 2. The van der Waals surface area contributed by atoms with Gasteiger partial charge in [-0.15, -0.1) is 11.3 Å². The van der Waals surface area contributed by atoms with Gasteiger partial charge >= 0.3 is 5.97 Å². The van der Waals surface area contributed by atoms with Crippen molar-refractivity contribution in [1.29, 1.82) is 0 Å². The van der Waals surface area contributed by atoms with Gasteiger partial charge in [0, 0.05) is 18.4 Å². The molecule has 1 amide bonds. The fraction of sp³-hybridized carbons (Fsp3) is 0.0952. The largest absolute Gasteiger partial charge is 0.456 e. The molecular weight excluding hydrogens is 431 g/mol. The molecule has 0 saturated heterocycles. The molecule has 2 aromatic carbocycles. The summed E-state index contributed by atoms with van der Waals surface area (Å²) in [5.74, 6) is -0.697. The predicted molar refractivity (Wildman–Crippen MR) is 117 cm³/mol. The average Bonchev–Trinajstić information content (AvgIpc) is 3.16. The number of para-hydroxylation sites is 1. The Morgan fingerprint density at radius 2 is 1.90 bits per heavy atom. The van der Waals surface area contributed by atoms with Gasteiger partial charge in [0.15, 0.2) is 5.13 Å². The van der Waals surface area contributed by atoms with Crippen LogP contribution in [0.15, 0.2) is 60.0 Å². The van der Waals surface area contributed by atoms with E-state index in [2.05, 4.69) is 4.98 Å². The normalized spacial score (nSPS) is 10.9. The summed E-state index contributed by atoms with van der Waals surface area (Å²) < 4.78 is 5.22. The third-order valence-corrected chi connectivity index (χ3v) is 5.51. The van der Waals surface area contributed by atoms with E-state index in [4.69, 9.17) is 27.9 Å². The third-order valence-electron chi connectivity index (χ3n) is 3.80. The van der Waals surface area contributed by atoms with Crippen LogP contribution in [0.2, 0.25) is 10.0 Å². The van der Waals surface area contributed by atoms with Crippen LogP contribution in [0.25, 0.3) is 6.08 Å². The van der Waals surface area contributed by atoms with Crippen LogP contribution < -0.4 is 4.90 Å². The van der Waals surface area contributed by atoms with Gasteiger partial charge in [0.2, 0.25) is 5.91 Å². The van der Waals surface area contributed by atoms with E-state index in [0.717, 1.165) is 5.69 Å². The lowest BCUT2D eigenvalue weighted by Gasteiger charge is -2.17. The quantitative estimate of drug-likeness (QED) is 0.349. The number of hydrogen-bond donors (Lipinski definition) is 0. The van der Waals surface area contributed by atoms with Gasteiger partial charge in [0.05, 0.1) is 21.4 Å². The number of hydrogen-bond acceptors (Lipinski definition) is 5. The van der Waals surface area contributed by atoms with E-state index >= 15 is 0 Å². The fourth-order valence-electron chi connectivity index (χ4n) is 2.47. The molecule has 1 aromatic heterocycles. The summed E-state index contributed by atoms with van der Waals surface area (Å²) in [7, 11) is 0. The molecule has 5 nitrogen and oxygen atoms in total. The average molecular weight is 447 g/mol. The number of benzene rings is 2. The Morgan fingerprint density at radius 3 is 2.62 bits per heavy atom. The number of ether oxygens (including phenoxy) is 1. The zero-order valence-electron chi connectivity index (χ0n) is 15.3. The number of anilines is 2. The molecule has 0 saturated carbocycles. The maximum Gasteiger partial charge on any atom is 0.331 e. The number of rotatable bonds is 6. The number of thiazole rings is 1. The van der Waals surface area contributed by atoms with Gasteiger partial charge in [0.1, 0.15) is 6.61 Å². The lowest BCUT2D eigenvalue weighted by atomic mass is 10.2. The SMILES string of the molecule is CC(=O)N(c1ccccc1)c1nc(COC(=O)/C=C/c2cccc(Cl)c2Cl)cs1. The lowest BCUT2D eigenvalue weighted by molar-refractivity contribution is -0.139. The van der Waals surface area contributed by atoms with Gasteiger partial charge in [-0.25, -0.2) is 9.78 Å². The number of halogens is 2. The lowest BCUT2D eigenvalue weighted by Crippen LogP contribution is -2.22. The van der Waals surface area contributed by atoms with Crippen LogP contribution in [0, 0.1) is 0 Å². The molecule has 0 aliphatic rings. The Hall–Kier alpha value is -2.67. The Labute approximate surface area is 182 Å². The monoisotopic (exact) mass is 446 g/mol. The first-order valence-electron chi connectivity index (χ1n) is 8.54. The molecular formula is C21H16Cl2N2O3S. The van der Waals surface area contributed by atoms with E-state index in [9.17, 15) is 9.59 Å². The molecule has 3 aromatic rings. The minimum atomic E-state index is -0.540. The fourth-order valence-corrected chi connectivity index (χ4v) is 3.71. The molecule has 0 spiro atoms. The van der Waals surface area contributed by atoms with E-state index in [0.29, 0.717) is 26.4 Å². The standard InChI is InChI=1S/C21H16Cl2N2O3S/c1-14(26)25(17-7-3-2-4-8-17)21-24-16(13-29-21)12-28-19(27)11-10-15-6-5-9-18(22)20(15)23/h2-11,13H,12H2,1H3/b11-10+. The van der Waals surface area contributed by atoms with Crippen molar-refractivity contribution in [2.45, 2.75) is 13.5 Å². The van der Waals surface area contributed by atoms with Gasteiger partial charge in [-0.05, 0) is 29.8 Å². The van der Waals surface area contributed by atoms with Crippen LogP contribution in [-0.2, 0) is 20.9 Å². The van der Waals surface area contributed by atoms with Crippen LogP contribution in [0.5, 0.6) is 0 Å². The maximum absolute atomic E-state index is 12.1. The van der Waals surface area contributed by atoms with Crippen molar-refractivity contribution in [3.8, 4) is 0 Å². The Morgan fingerprint density at radius 1 is 1.14 bits per heavy atom. The highest BCUT2D eigenvalue weighted by Gasteiger charge is 2.18. The predicted octanol–water partition coefficient (Wildman–Crippen LogP) is 5.89. The summed E-state index contributed by atoms with van der Waals surface area (Å²) in [6.07, 6.45) is 2.81. The van der Waals surface area contributed by atoms with Gasteiger partial charge in [-0.3, -0.25) is 9.69 Å². The maximum atomic E-state index is 12.1. The van der Waals surface area contributed by atoms with Gasteiger partial charge in [-0.1, -0.05) is 53.5 Å². The first kappa shape index (κ1) is 21.0. The second-order valence-corrected chi connectivity index (χ2v) is 7.52. The summed E-state index contributed by atoms with van der Waals surface area (Å²) in [6.45, 7) is 1.46. The highest BCUT2D eigenvalue weighted by Crippen LogP contribution is 2.29. The van der Waals surface area contributed by atoms with E-state index in [1.165, 1.54) is 35.3 Å². The molecule has 0 bridgehead atoms. The smallest absolute Gasteiger partial charge is 0.331 e. The summed E-state index contributed by atoms with van der Waals surface area (Å²) in [6, 6.07) is 14.4. The van der Waals surface area contributed by atoms with Crippen molar-refractivity contribution >= 4 is 63.3 Å². The van der Waals surface area contributed by atoms with Crippen LogP contribution in [0.4, 0.5) is 10.8 Å². The third kappa shape index (κ3) is 5.44. The van der Waals surface area contributed by atoms with E-state index in [1.54, 1.807) is 23.6 Å². The van der Waals surface area contributed by atoms with Crippen molar-refractivity contribution in [1.82, 2.24) is 4.98 Å². The van der Waals surface area contributed by atoms with Crippen molar-refractivity contribution in [3.63, 3.8) is 0 Å². The first-order chi connectivity index (χ1) is 14.0. The van der Waals surface area contributed by atoms with Gasteiger partial charge in [-0.2, -0.15) is 0 Å². The number of esters is 1. The van der Waals surface area contributed by atoms with Crippen molar-refractivity contribution in [2.24, 2.45) is 0 Å². The molecule has 29 heavy (non-hydrogen) atoms. The minimum absolute atomic E-state index is 0.0104. The Bertz CT molecular complexity index is 1050. The van der Waals surface area contributed by atoms with Gasteiger partial charge < -0.3 is 4.74 Å². The minimum Gasteiger partial charge on any atom is -0.456 e. The van der Waals surface area contributed by atoms with E-state index in [-0.39, 0.29) is 12.5 Å². The molecule has 0 aliphatic carbocycles. The molecule has 0 radical (unpaired) electrons. The molecule has 0 aliphatic heterocycles. The summed E-state index contributed by atoms with van der Waals surface area (Å²) in [5.41, 5.74) is 1.89. The number of nitrogens with zero attached hydrogens (tertiary/aromatic N) is 2. The van der Waals surface area contributed by atoms with Crippen LogP contribution in [0.1, 0.15) is 18.2 Å². The number of carbonyl (C=O) groups is 2. The van der Waals surface area contributed by atoms with E-state index in [1.807, 2.05) is 30.3 Å². The second-order valence-electron chi connectivity index (χ2n) is 5.90. The highest BCUT2D eigenvalue weighted by atomic mass is 35.5. The first-order valence-corrected chi connectivity index (χ1v) is 10.2. The second kappa shape index (κ2) is 9.69. The van der Waals surface area contributed by atoms with Crippen LogP contribution in [0.3, 0.4) is 0 Å². The Balaban J connectivity index is 1.64. The molecule has 0 fully saturated rings. The highest BCUT2D eigenvalue weighted by molar-refractivity contribution is 7.14. The van der Waals surface area contributed by atoms with Crippen LogP contribution in [-0.4, -0.2) is 16.9 Å². The zero-order chi connectivity index (χ0) is 20.8. The molecule has 1 heterocycles. The molecule has 8 heteroatoms. The van der Waals surface area contributed by atoms with Crippen molar-refractivity contribution < 1.29 is 14.3 Å². The number of aromatic nitrogens is 1. The molecule has 3 rings (SSSR count). The van der Waals surface area contributed by atoms with Crippen molar-refractivity contribution in [3.05, 3.63) is 81.3 Å². The summed E-state index contributed by atoms with van der Waals surface area (Å²) in [5, 5.41) is 3.04. The summed E-state index contributed by atoms with van der Waals surface area (Å²) in [4.78, 5) is 30.0.